The number of rotatable bonds is 2. The van der Waals surface area contributed by atoms with E-state index in [1.54, 1.807) is 15.4 Å². The highest BCUT2D eigenvalue weighted by Crippen LogP contribution is 2.16. The Bertz CT molecular complexity index is 1020. The van der Waals surface area contributed by atoms with Crippen molar-refractivity contribution < 1.29 is 0 Å². The summed E-state index contributed by atoms with van der Waals surface area (Å²) in [6, 6.07) is 5.69. The topological polar surface area (TPSA) is 52.7 Å². The molecule has 0 radical (unpaired) electrons. The molecule has 0 aliphatic rings. The van der Waals surface area contributed by atoms with Crippen molar-refractivity contribution in [2.24, 2.45) is 7.05 Å². The molecule has 0 amide bonds. The van der Waals surface area contributed by atoms with E-state index >= 15 is 0 Å². The van der Waals surface area contributed by atoms with E-state index < -0.39 is 0 Å². The van der Waals surface area contributed by atoms with E-state index in [1.807, 2.05) is 52.2 Å². The zero-order chi connectivity index (χ0) is 17.3. The lowest BCUT2D eigenvalue weighted by atomic mass is 10.1. The lowest BCUT2D eigenvalue weighted by molar-refractivity contribution is 0.543. The Morgan fingerprint density at radius 1 is 1.25 bits per heavy atom. The average molecular weight is 320 g/mol. The zero-order valence-electron chi connectivity index (χ0n) is 14.4. The Balaban J connectivity index is 2.25. The van der Waals surface area contributed by atoms with Crippen molar-refractivity contribution in [2.45, 2.75) is 33.2 Å². The molecule has 2 heterocycles. The smallest absolute Gasteiger partial charge is 0.262 e. The molecule has 0 saturated heterocycles. The maximum absolute atomic E-state index is 13.0. The molecule has 5 heteroatoms. The molecule has 3 rings (SSSR count). The van der Waals surface area contributed by atoms with Crippen molar-refractivity contribution in [2.75, 3.05) is 0 Å². The van der Waals surface area contributed by atoms with Crippen LogP contribution in [0.4, 0.5) is 0 Å². The summed E-state index contributed by atoms with van der Waals surface area (Å²) in [4.78, 5) is 17.7. The number of aromatic nitrogens is 4. The number of hydrogen-bond donors (Lipinski definition) is 0. The van der Waals surface area contributed by atoms with Gasteiger partial charge in [0, 0.05) is 31.3 Å². The SMILES string of the molecule is CCc1nc2cccc(C#Cc3cnn(C)c3)c2c(=O)n1C(C)C. The van der Waals surface area contributed by atoms with Gasteiger partial charge in [-0.05, 0) is 26.0 Å². The van der Waals surface area contributed by atoms with E-state index in [0.29, 0.717) is 16.5 Å². The van der Waals surface area contributed by atoms with Crippen LogP contribution in [0.25, 0.3) is 10.9 Å². The highest BCUT2D eigenvalue weighted by molar-refractivity contribution is 5.84. The molecule has 0 spiro atoms. The van der Waals surface area contributed by atoms with Crippen LogP contribution in [0.1, 0.15) is 43.8 Å². The van der Waals surface area contributed by atoms with Crippen LogP contribution in [0.2, 0.25) is 0 Å². The Morgan fingerprint density at radius 3 is 2.67 bits per heavy atom. The van der Waals surface area contributed by atoms with Crippen LogP contribution < -0.4 is 5.56 Å². The summed E-state index contributed by atoms with van der Waals surface area (Å²) < 4.78 is 3.46. The van der Waals surface area contributed by atoms with Gasteiger partial charge in [0.2, 0.25) is 0 Å². The summed E-state index contributed by atoms with van der Waals surface area (Å²) >= 11 is 0. The second-order valence-electron chi connectivity index (χ2n) is 6.00. The van der Waals surface area contributed by atoms with Crippen LogP contribution in [-0.2, 0) is 13.5 Å². The second-order valence-corrected chi connectivity index (χ2v) is 6.00. The van der Waals surface area contributed by atoms with Gasteiger partial charge in [0.15, 0.2) is 0 Å². The first-order valence-corrected chi connectivity index (χ1v) is 8.06. The van der Waals surface area contributed by atoms with Gasteiger partial charge in [-0.2, -0.15) is 5.10 Å². The van der Waals surface area contributed by atoms with Gasteiger partial charge in [0.25, 0.3) is 5.56 Å². The molecule has 0 N–H and O–H groups in total. The van der Waals surface area contributed by atoms with Crippen molar-refractivity contribution in [1.82, 2.24) is 19.3 Å². The number of benzene rings is 1. The Kier molecular flexibility index (Phi) is 4.22. The van der Waals surface area contributed by atoms with Crippen molar-refractivity contribution in [3.05, 3.63) is 57.9 Å². The summed E-state index contributed by atoms with van der Waals surface area (Å²) in [6.07, 6.45) is 4.27. The Morgan fingerprint density at radius 2 is 2.04 bits per heavy atom. The molecule has 0 aliphatic carbocycles. The molecule has 0 fully saturated rings. The summed E-state index contributed by atoms with van der Waals surface area (Å²) in [5.41, 5.74) is 2.19. The Labute approximate surface area is 141 Å². The average Bonchev–Trinajstić information content (AvgIpc) is 2.97. The standard InChI is InChI=1S/C19H20N4O/c1-5-17-21-16-8-6-7-15(10-9-14-11-20-22(4)12-14)18(16)19(24)23(17)13(2)3/h6-8,11-13H,5H2,1-4H3. The van der Waals surface area contributed by atoms with Crippen molar-refractivity contribution in [3.63, 3.8) is 0 Å². The number of nitrogens with zero attached hydrogens (tertiary/aromatic N) is 4. The highest BCUT2D eigenvalue weighted by atomic mass is 16.1. The molecule has 3 aromatic rings. The third kappa shape index (κ3) is 2.83. The maximum atomic E-state index is 13.0. The molecule has 2 aromatic heterocycles. The summed E-state index contributed by atoms with van der Waals surface area (Å²) in [7, 11) is 1.85. The zero-order valence-corrected chi connectivity index (χ0v) is 14.4. The minimum Gasteiger partial charge on any atom is -0.294 e. The molecule has 0 bridgehead atoms. The minimum atomic E-state index is -0.0251. The molecule has 0 saturated carbocycles. The van der Waals surface area contributed by atoms with Gasteiger partial charge in [0.1, 0.15) is 5.82 Å². The van der Waals surface area contributed by atoms with E-state index in [9.17, 15) is 4.79 Å². The quantitative estimate of drug-likeness (QED) is 0.682. The van der Waals surface area contributed by atoms with Crippen LogP contribution in [0.15, 0.2) is 35.4 Å². The normalized spacial score (nSPS) is 10.9. The van der Waals surface area contributed by atoms with E-state index in [4.69, 9.17) is 0 Å². The van der Waals surface area contributed by atoms with Gasteiger partial charge in [-0.1, -0.05) is 24.8 Å². The molecule has 0 unspecified atom stereocenters. The lowest BCUT2D eigenvalue weighted by Gasteiger charge is -2.16. The van der Waals surface area contributed by atoms with Crippen molar-refractivity contribution in [1.29, 1.82) is 0 Å². The molecule has 0 aliphatic heterocycles. The van der Waals surface area contributed by atoms with Crippen LogP contribution in [0, 0.1) is 11.8 Å². The van der Waals surface area contributed by atoms with E-state index in [2.05, 4.69) is 21.9 Å². The molecule has 1 aromatic carbocycles. The number of hydrogen-bond acceptors (Lipinski definition) is 3. The van der Waals surface area contributed by atoms with E-state index in [0.717, 1.165) is 17.8 Å². The van der Waals surface area contributed by atoms with Gasteiger partial charge in [-0.3, -0.25) is 14.0 Å². The molecule has 24 heavy (non-hydrogen) atoms. The monoisotopic (exact) mass is 320 g/mol. The Hall–Kier alpha value is -2.87. The third-order valence-corrected chi connectivity index (χ3v) is 3.88. The van der Waals surface area contributed by atoms with E-state index in [1.165, 1.54) is 0 Å². The number of aryl methyl sites for hydroxylation is 2. The third-order valence-electron chi connectivity index (χ3n) is 3.88. The predicted octanol–water partition coefficient (Wildman–Crippen LogP) is 2.67. The fourth-order valence-corrected chi connectivity index (χ4v) is 2.80. The van der Waals surface area contributed by atoms with Gasteiger partial charge in [-0.15, -0.1) is 0 Å². The predicted molar refractivity (Wildman–Crippen MR) is 95.0 cm³/mol. The summed E-state index contributed by atoms with van der Waals surface area (Å²) in [5.74, 6) is 6.98. The maximum Gasteiger partial charge on any atom is 0.262 e. The number of fused-ring (bicyclic) bond motifs is 1. The largest absolute Gasteiger partial charge is 0.294 e. The van der Waals surface area contributed by atoms with E-state index in [-0.39, 0.29) is 11.6 Å². The van der Waals surface area contributed by atoms with Gasteiger partial charge in [-0.25, -0.2) is 4.98 Å². The lowest BCUT2D eigenvalue weighted by Crippen LogP contribution is -2.27. The first-order valence-electron chi connectivity index (χ1n) is 8.06. The summed E-state index contributed by atoms with van der Waals surface area (Å²) in [5, 5.41) is 4.69. The highest BCUT2D eigenvalue weighted by Gasteiger charge is 2.14. The van der Waals surface area contributed by atoms with Crippen LogP contribution >= 0.6 is 0 Å². The van der Waals surface area contributed by atoms with Crippen LogP contribution in [0.5, 0.6) is 0 Å². The molecule has 0 atom stereocenters. The second kappa shape index (κ2) is 6.32. The minimum absolute atomic E-state index is 0.0251. The molecule has 122 valence electrons. The molecule has 5 nitrogen and oxygen atoms in total. The first kappa shape index (κ1) is 16.0. The summed E-state index contributed by atoms with van der Waals surface area (Å²) in [6.45, 7) is 6.01. The van der Waals surface area contributed by atoms with Crippen molar-refractivity contribution >= 4 is 10.9 Å². The van der Waals surface area contributed by atoms with Crippen molar-refractivity contribution in [3.8, 4) is 11.8 Å². The fraction of sp³-hybridized carbons (Fsp3) is 0.316. The first-order chi connectivity index (χ1) is 11.5. The fourth-order valence-electron chi connectivity index (χ4n) is 2.80. The molecular weight excluding hydrogens is 300 g/mol. The van der Waals surface area contributed by atoms with Crippen LogP contribution in [0.3, 0.4) is 0 Å². The molecular formula is C19H20N4O. The van der Waals surface area contributed by atoms with Gasteiger partial charge in [0.05, 0.1) is 22.7 Å². The van der Waals surface area contributed by atoms with Crippen LogP contribution in [-0.4, -0.2) is 19.3 Å². The van der Waals surface area contributed by atoms with Gasteiger partial charge < -0.3 is 0 Å². The van der Waals surface area contributed by atoms with Gasteiger partial charge >= 0.3 is 0 Å².